The molecule has 0 aliphatic carbocycles. The number of amides is 4. The number of carbonyl (C=O) groups excluding carboxylic acids is 2. The predicted molar refractivity (Wildman–Crippen MR) is 312 cm³/mol. The Morgan fingerprint density at radius 3 is 1.31 bits per heavy atom. The molecule has 6 aromatic rings. The van der Waals surface area contributed by atoms with Gasteiger partial charge >= 0.3 is 18.0 Å². The number of carbonyl (C=O) groups is 3. The zero-order valence-corrected chi connectivity index (χ0v) is 47.7. The topological polar surface area (TPSA) is 280 Å². The minimum absolute atomic E-state index is 0.0937. The van der Waals surface area contributed by atoms with E-state index in [-0.39, 0.29) is 18.6 Å². The van der Waals surface area contributed by atoms with Gasteiger partial charge < -0.3 is 60.4 Å². The summed E-state index contributed by atoms with van der Waals surface area (Å²) in [4.78, 5) is 71.0. The summed E-state index contributed by atoms with van der Waals surface area (Å²) in [5.41, 5.74) is 2.95. The number of anilines is 4. The van der Waals surface area contributed by atoms with E-state index in [1.54, 1.807) is 53.0 Å². The van der Waals surface area contributed by atoms with E-state index in [9.17, 15) is 14.4 Å². The molecule has 2 saturated heterocycles. The Balaban J connectivity index is 0.000000232. The molecule has 4 amide bonds. The van der Waals surface area contributed by atoms with Gasteiger partial charge in [0.25, 0.3) is 0 Å². The average Bonchev–Trinajstić information content (AvgIpc) is 3.47. The summed E-state index contributed by atoms with van der Waals surface area (Å²) in [7, 11) is 6.36. The first kappa shape index (κ1) is 59.7. The van der Waals surface area contributed by atoms with Gasteiger partial charge in [0.05, 0.1) is 35.0 Å². The highest BCUT2D eigenvalue weighted by Crippen LogP contribution is 2.37. The van der Waals surface area contributed by atoms with Crippen LogP contribution in [0.15, 0.2) is 60.9 Å². The average molecular weight is 1100 g/mol. The smallest absolute Gasteiger partial charge is 0.320 e. The van der Waals surface area contributed by atoms with Gasteiger partial charge in [-0.25, -0.2) is 29.5 Å². The Hall–Kier alpha value is -7.93. The predicted octanol–water partition coefficient (Wildman–Crippen LogP) is 6.47. The van der Waals surface area contributed by atoms with Crippen LogP contribution in [-0.4, -0.2) is 192 Å². The zero-order chi connectivity index (χ0) is 57.4. The minimum atomic E-state index is -0.787. The van der Waals surface area contributed by atoms with Crippen LogP contribution in [0.3, 0.4) is 0 Å². The fraction of sp³-hybridized carbons (Fsp3) is 0.482. The Morgan fingerprint density at radius 1 is 0.550 bits per heavy atom. The van der Waals surface area contributed by atoms with Crippen molar-refractivity contribution in [2.75, 3.05) is 135 Å². The minimum Gasteiger partial charge on any atom is -0.497 e. The summed E-state index contributed by atoms with van der Waals surface area (Å²) >= 11 is 0. The molecule has 0 spiro atoms. The number of hydrogen-bond acceptors (Lipinski definition) is 19. The van der Waals surface area contributed by atoms with Crippen molar-refractivity contribution in [3.8, 4) is 45.3 Å². The first-order chi connectivity index (χ1) is 38.3. The number of benzene rings is 2. The molecule has 2 aliphatic heterocycles. The normalized spacial score (nSPS) is 14.3. The highest BCUT2D eigenvalue weighted by Gasteiger charge is 2.22. The molecular formula is C56H78N16O8. The molecule has 0 unspecified atom stereocenters. The lowest BCUT2D eigenvalue weighted by Crippen LogP contribution is -2.48. The van der Waals surface area contributed by atoms with Crippen molar-refractivity contribution in [2.45, 2.75) is 65.5 Å². The largest absolute Gasteiger partial charge is 0.497 e. The monoisotopic (exact) mass is 1100 g/mol. The van der Waals surface area contributed by atoms with Gasteiger partial charge in [-0.05, 0) is 115 Å². The third-order valence-electron chi connectivity index (χ3n) is 12.8. The summed E-state index contributed by atoms with van der Waals surface area (Å²) < 4.78 is 21.8. The molecule has 24 heteroatoms. The number of carboxylic acids is 1. The van der Waals surface area contributed by atoms with Crippen LogP contribution in [0.4, 0.5) is 33.1 Å². The molecule has 0 atom stereocenters. The van der Waals surface area contributed by atoms with Crippen molar-refractivity contribution in [1.29, 1.82) is 0 Å². The van der Waals surface area contributed by atoms with Crippen molar-refractivity contribution in [2.24, 2.45) is 0 Å². The molecule has 4 aromatic heterocycles. The van der Waals surface area contributed by atoms with E-state index in [0.29, 0.717) is 80.9 Å². The highest BCUT2D eigenvalue weighted by atomic mass is 16.5. The molecule has 430 valence electrons. The first-order valence-corrected chi connectivity index (χ1v) is 26.8. The maximum absolute atomic E-state index is 12.8. The number of piperazine rings is 2. The Labute approximate surface area is 467 Å². The van der Waals surface area contributed by atoms with Crippen molar-refractivity contribution in [3.63, 3.8) is 0 Å². The van der Waals surface area contributed by atoms with Crippen LogP contribution in [0.1, 0.15) is 54.4 Å². The number of fused-ring (bicyclic) bond motifs is 2. The number of hydrogen-bond donors (Lipinski definition) is 8. The number of aromatic nitrogens is 6. The number of rotatable bonds is 20. The number of pyridine rings is 2. The van der Waals surface area contributed by atoms with Gasteiger partial charge in [-0.2, -0.15) is 9.97 Å². The first-order valence-electron chi connectivity index (χ1n) is 26.8. The Bertz CT molecular complexity index is 3020. The lowest BCUT2D eigenvalue weighted by atomic mass is 10.0. The molecular weight excluding hydrogens is 1020 g/mol. The van der Waals surface area contributed by atoms with E-state index >= 15 is 0 Å². The molecule has 8 rings (SSSR count). The van der Waals surface area contributed by atoms with Gasteiger partial charge in [-0.1, -0.05) is 0 Å². The number of ether oxygens (including phenoxy) is 4. The fourth-order valence-electron chi connectivity index (χ4n) is 8.92. The van der Waals surface area contributed by atoms with E-state index in [0.717, 1.165) is 101 Å². The van der Waals surface area contributed by atoms with Crippen LogP contribution in [0.5, 0.6) is 23.0 Å². The van der Waals surface area contributed by atoms with Crippen LogP contribution >= 0.6 is 0 Å². The Morgan fingerprint density at radius 2 is 0.938 bits per heavy atom. The molecule has 80 heavy (non-hydrogen) atoms. The zero-order valence-electron chi connectivity index (χ0n) is 47.7. The molecule has 2 fully saturated rings. The van der Waals surface area contributed by atoms with Gasteiger partial charge in [0.2, 0.25) is 11.9 Å². The van der Waals surface area contributed by atoms with E-state index in [2.05, 4.69) is 67.0 Å². The van der Waals surface area contributed by atoms with Crippen molar-refractivity contribution in [3.05, 3.63) is 60.9 Å². The van der Waals surface area contributed by atoms with Gasteiger partial charge in [0.15, 0.2) is 11.3 Å². The molecule has 0 radical (unpaired) electrons. The van der Waals surface area contributed by atoms with Crippen LogP contribution in [0.25, 0.3) is 44.3 Å². The second-order valence-electron chi connectivity index (χ2n) is 21.5. The standard InChI is InChI=1S/C29H40N8O5.C27H38N8O3/c1-29(2,3)35-28(40)34-26-23(19-13-21(41-4)16-22(14-19)42-5)15-20-17-31-27(33-25(20)32-26)30-7-6-8-36-9-11-37(12-10-36)18-24(38)39;1-27(2,3)34-26(36)33-24-22(18-13-20(37-4)16-21(14-18)38-5)15-19-17-30-25(32-23(19)31-24)29-7-6-10-35-11-8-28-9-12-35/h13-17H,6-12,18H2,1-5H3,(H,38,39)(H3,30,31,32,33,34,35,40);13-17,28H,6-12H2,1-5H3,(H3,29,30,31,32,33,34,36). The van der Waals surface area contributed by atoms with E-state index < -0.39 is 17.0 Å². The molecule has 2 aromatic carbocycles. The van der Waals surface area contributed by atoms with Crippen LogP contribution in [0.2, 0.25) is 0 Å². The number of methoxy groups -OCH3 is 4. The molecule has 24 nitrogen and oxygen atoms in total. The van der Waals surface area contributed by atoms with E-state index in [4.69, 9.17) is 34.0 Å². The lowest BCUT2D eigenvalue weighted by molar-refractivity contribution is -0.138. The second kappa shape index (κ2) is 27.8. The van der Waals surface area contributed by atoms with Crippen LogP contribution < -0.4 is 56.2 Å². The third kappa shape index (κ3) is 18.1. The SMILES string of the molecule is COc1cc(OC)cc(-c2cc3cnc(NCCCN4CCN(CC(=O)O)CC4)nc3nc2NC(=O)NC(C)(C)C)c1.COc1cc(OC)cc(-c2cc3cnc(NCCCN4CCNCC4)nc3nc2NC(=O)NC(C)(C)C)c1. The van der Waals surface area contributed by atoms with Crippen LogP contribution in [-0.2, 0) is 4.79 Å². The van der Waals surface area contributed by atoms with Crippen molar-refractivity contribution >= 4 is 63.6 Å². The number of carboxylic acid groups (broad SMARTS) is 1. The number of aliphatic carboxylic acids is 1. The lowest BCUT2D eigenvalue weighted by Gasteiger charge is -2.33. The van der Waals surface area contributed by atoms with Crippen molar-refractivity contribution < 1.29 is 38.4 Å². The maximum atomic E-state index is 12.8. The van der Waals surface area contributed by atoms with Crippen LogP contribution in [0, 0.1) is 0 Å². The Kier molecular flexibility index (Phi) is 20.7. The molecule has 0 bridgehead atoms. The van der Waals surface area contributed by atoms with Crippen molar-refractivity contribution in [1.82, 2.24) is 60.6 Å². The molecule has 2 aliphatic rings. The highest BCUT2D eigenvalue weighted by molar-refractivity contribution is 5.98. The van der Waals surface area contributed by atoms with Gasteiger partial charge in [-0.15, -0.1) is 0 Å². The summed E-state index contributed by atoms with van der Waals surface area (Å²) in [6.45, 7) is 22.4. The summed E-state index contributed by atoms with van der Waals surface area (Å²) in [6.07, 6.45) is 5.32. The second-order valence-corrected chi connectivity index (χ2v) is 21.5. The van der Waals surface area contributed by atoms with E-state index in [1.807, 2.05) is 82.8 Å². The quantitative estimate of drug-likeness (QED) is 0.0380. The summed E-state index contributed by atoms with van der Waals surface area (Å²) in [5.74, 6) is 3.34. The third-order valence-corrected chi connectivity index (χ3v) is 12.8. The fourth-order valence-corrected chi connectivity index (χ4v) is 8.92. The summed E-state index contributed by atoms with van der Waals surface area (Å²) in [5, 5.41) is 32.0. The van der Waals surface area contributed by atoms with Gasteiger partial charge in [0.1, 0.15) is 34.6 Å². The molecule has 8 N–H and O–H groups in total. The molecule has 6 heterocycles. The number of nitrogens with zero attached hydrogens (tertiary/aromatic N) is 9. The number of urea groups is 2. The number of nitrogens with one attached hydrogen (secondary N) is 7. The van der Waals surface area contributed by atoms with Gasteiger partial charge in [-0.3, -0.25) is 20.3 Å². The van der Waals surface area contributed by atoms with E-state index in [1.165, 1.54) is 0 Å². The van der Waals surface area contributed by atoms with Gasteiger partial charge in [0, 0.05) is 123 Å². The molecule has 0 saturated carbocycles. The summed E-state index contributed by atoms with van der Waals surface area (Å²) in [6, 6.07) is 14.1. The maximum Gasteiger partial charge on any atom is 0.320 e.